The predicted octanol–water partition coefficient (Wildman–Crippen LogP) is -0.114. The van der Waals surface area contributed by atoms with E-state index >= 15 is 0 Å². The van der Waals surface area contributed by atoms with Crippen LogP contribution in [0.15, 0.2) is 18.3 Å². The molecule has 0 radical (unpaired) electrons. The number of sulfonamides is 1. The number of fused-ring (bicyclic) bond motifs is 1. The first-order valence-electron chi connectivity index (χ1n) is 9.73. The highest BCUT2D eigenvalue weighted by atomic mass is 32.2. The number of hydrogen-bond acceptors (Lipinski definition) is 7. The SMILES string of the molecule is CN1CCN(S(C)(=O)=O)C[C@@H]1c1nnc2ccc(C(=O)NC[C@H]3CCCO3)cn12. The molecule has 2 aliphatic heterocycles. The number of hydrogen-bond donors (Lipinski definition) is 1. The largest absolute Gasteiger partial charge is 0.376 e. The number of amides is 1. The molecule has 0 saturated carbocycles. The van der Waals surface area contributed by atoms with Crippen molar-refractivity contribution in [2.75, 3.05) is 46.1 Å². The van der Waals surface area contributed by atoms with Gasteiger partial charge < -0.3 is 10.1 Å². The summed E-state index contributed by atoms with van der Waals surface area (Å²) in [5, 5.41) is 11.4. The smallest absolute Gasteiger partial charge is 0.252 e. The van der Waals surface area contributed by atoms with Gasteiger partial charge in [0.25, 0.3) is 5.91 Å². The van der Waals surface area contributed by atoms with Crippen LogP contribution in [0.1, 0.15) is 35.1 Å². The summed E-state index contributed by atoms with van der Waals surface area (Å²) >= 11 is 0. The maximum absolute atomic E-state index is 12.6. The molecule has 0 bridgehead atoms. The Morgan fingerprint density at radius 1 is 1.31 bits per heavy atom. The zero-order chi connectivity index (χ0) is 20.6. The van der Waals surface area contributed by atoms with E-state index in [-0.39, 0.29) is 18.1 Å². The van der Waals surface area contributed by atoms with Gasteiger partial charge in [-0.2, -0.15) is 4.31 Å². The molecular formula is C18H26N6O4S. The molecule has 1 N–H and O–H groups in total. The van der Waals surface area contributed by atoms with E-state index in [1.165, 1.54) is 10.6 Å². The van der Waals surface area contributed by atoms with Gasteiger partial charge >= 0.3 is 0 Å². The van der Waals surface area contributed by atoms with Crippen LogP contribution in [-0.4, -0.2) is 90.3 Å². The summed E-state index contributed by atoms with van der Waals surface area (Å²) in [6.45, 7) is 2.57. The maximum atomic E-state index is 12.6. The van der Waals surface area contributed by atoms with Crippen molar-refractivity contribution in [3.05, 3.63) is 29.7 Å². The monoisotopic (exact) mass is 422 g/mol. The Morgan fingerprint density at radius 3 is 2.86 bits per heavy atom. The number of aromatic nitrogens is 3. The van der Waals surface area contributed by atoms with Crippen LogP contribution in [0.25, 0.3) is 5.65 Å². The lowest BCUT2D eigenvalue weighted by atomic mass is 10.2. The summed E-state index contributed by atoms with van der Waals surface area (Å²) in [5.74, 6) is 0.432. The van der Waals surface area contributed by atoms with Crippen molar-refractivity contribution in [2.45, 2.75) is 25.0 Å². The normalized spacial score (nSPS) is 24.2. The molecular weight excluding hydrogens is 396 g/mol. The lowest BCUT2D eigenvalue weighted by Gasteiger charge is -2.37. The molecule has 0 aromatic carbocycles. The number of carbonyl (C=O) groups excluding carboxylic acids is 1. The highest BCUT2D eigenvalue weighted by molar-refractivity contribution is 7.88. The van der Waals surface area contributed by atoms with Crippen molar-refractivity contribution in [2.24, 2.45) is 0 Å². The van der Waals surface area contributed by atoms with Crippen LogP contribution in [0.5, 0.6) is 0 Å². The summed E-state index contributed by atoms with van der Waals surface area (Å²) in [5.41, 5.74) is 1.11. The number of piperazine rings is 1. The fourth-order valence-corrected chi connectivity index (χ4v) is 4.64. The second kappa shape index (κ2) is 7.98. The molecule has 2 atom stereocenters. The number of likely N-dealkylation sites (N-methyl/N-ethyl adjacent to an activating group) is 1. The standard InChI is InChI=1S/C18H26N6O4S/c1-22-7-8-23(29(2,26)27)12-15(22)17-21-20-16-6-5-13(11-24(16)17)18(25)19-10-14-4-3-9-28-14/h5-6,11,14-15H,3-4,7-10,12H2,1-2H3,(H,19,25)/t14-,15-/m1/s1. The van der Waals surface area contributed by atoms with Crippen molar-refractivity contribution >= 4 is 21.6 Å². The van der Waals surface area contributed by atoms with Gasteiger partial charge in [-0.3, -0.25) is 14.1 Å². The van der Waals surface area contributed by atoms with E-state index in [1.807, 2.05) is 7.05 Å². The van der Waals surface area contributed by atoms with Gasteiger partial charge in [-0.05, 0) is 32.0 Å². The van der Waals surface area contributed by atoms with Crippen LogP contribution in [-0.2, 0) is 14.8 Å². The number of nitrogens with zero attached hydrogens (tertiary/aromatic N) is 5. The van der Waals surface area contributed by atoms with Crippen LogP contribution >= 0.6 is 0 Å². The second-order valence-corrected chi connectivity index (χ2v) is 9.65. The van der Waals surface area contributed by atoms with Crippen LogP contribution in [0, 0.1) is 0 Å². The molecule has 2 saturated heterocycles. The number of ether oxygens (including phenoxy) is 1. The van der Waals surface area contributed by atoms with Crippen molar-refractivity contribution in [3.8, 4) is 0 Å². The second-order valence-electron chi connectivity index (χ2n) is 7.67. The maximum Gasteiger partial charge on any atom is 0.252 e. The zero-order valence-corrected chi connectivity index (χ0v) is 17.4. The lowest BCUT2D eigenvalue weighted by Crippen LogP contribution is -2.49. The average molecular weight is 423 g/mol. The summed E-state index contributed by atoms with van der Waals surface area (Å²) < 4.78 is 32.8. The number of nitrogens with one attached hydrogen (secondary N) is 1. The van der Waals surface area contributed by atoms with Crippen LogP contribution in [0.3, 0.4) is 0 Å². The van der Waals surface area contributed by atoms with E-state index in [9.17, 15) is 13.2 Å². The number of carbonyl (C=O) groups is 1. The third-order valence-electron chi connectivity index (χ3n) is 5.58. The van der Waals surface area contributed by atoms with Crippen LogP contribution in [0.4, 0.5) is 0 Å². The molecule has 2 fully saturated rings. The van der Waals surface area contributed by atoms with Crippen molar-refractivity contribution in [3.63, 3.8) is 0 Å². The predicted molar refractivity (Wildman–Crippen MR) is 106 cm³/mol. The molecule has 2 aromatic rings. The first kappa shape index (κ1) is 20.2. The van der Waals surface area contributed by atoms with Gasteiger partial charge in [0.15, 0.2) is 11.5 Å². The Hall–Kier alpha value is -2.08. The van der Waals surface area contributed by atoms with E-state index in [2.05, 4.69) is 20.4 Å². The molecule has 0 spiro atoms. The van der Waals surface area contributed by atoms with Gasteiger partial charge in [0.2, 0.25) is 10.0 Å². The van der Waals surface area contributed by atoms with Gasteiger partial charge in [0, 0.05) is 39.0 Å². The Balaban J connectivity index is 1.57. The molecule has 2 aliphatic rings. The van der Waals surface area contributed by atoms with E-state index in [1.54, 1.807) is 22.7 Å². The third kappa shape index (κ3) is 4.27. The van der Waals surface area contributed by atoms with Crippen LogP contribution in [0.2, 0.25) is 0 Å². The van der Waals surface area contributed by atoms with Crippen molar-refractivity contribution in [1.29, 1.82) is 0 Å². The molecule has 11 heteroatoms. The van der Waals surface area contributed by atoms with Gasteiger partial charge in [0.1, 0.15) is 0 Å². The summed E-state index contributed by atoms with van der Waals surface area (Å²) in [6, 6.07) is 3.21. The van der Waals surface area contributed by atoms with Gasteiger partial charge in [-0.1, -0.05) is 0 Å². The first-order valence-corrected chi connectivity index (χ1v) is 11.6. The summed E-state index contributed by atoms with van der Waals surface area (Å²) in [6.07, 6.45) is 4.98. The lowest BCUT2D eigenvalue weighted by molar-refractivity contribution is 0.0857. The minimum atomic E-state index is -3.29. The van der Waals surface area contributed by atoms with Gasteiger partial charge in [-0.25, -0.2) is 8.42 Å². The minimum absolute atomic E-state index is 0.0750. The number of pyridine rings is 1. The molecule has 0 unspecified atom stereocenters. The van der Waals surface area contributed by atoms with E-state index in [0.717, 1.165) is 19.4 Å². The average Bonchev–Trinajstić information content (AvgIpc) is 3.35. The van der Waals surface area contributed by atoms with Crippen LogP contribution < -0.4 is 5.32 Å². The molecule has 1 amide bonds. The Kier molecular flexibility index (Phi) is 5.56. The van der Waals surface area contributed by atoms with E-state index in [0.29, 0.717) is 43.2 Å². The van der Waals surface area contributed by atoms with E-state index in [4.69, 9.17) is 4.74 Å². The molecule has 29 heavy (non-hydrogen) atoms. The molecule has 2 aromatic heterocycles. The Bertz CT molecular complexity index is 1000. The fourth-order valence-electron chi connectivity index (χ4n) is 3.81. The highest BCUT2D eigenvalue weighted by Gasteiger charge is 2.33. The molecule has 10 nitrogen and oxygen atoms in total. The molecule has 4 heterocycles. The minimum Gasteiger partial charge on any atom is -0.376 e. The highest BCUT2D eigenvalue weighted by Crippen LogP contribution is 2.24. The van der Waals surface area contributed by atoms with Gasteiger partial charge in [0.05, 0.1) is 24.0 Å². The summed E-state index contributed by atoms with van der Waals surface area (Å²) in [4.78, 5) is 14.6. The molecule has 158 valence electrons. The molecule has 0 aliphatic carbocycles. The quantitative estimate of drug-likeness (QED) is 0.716. The summed E-state index contributed by atoms with van der Waals surface area (Å²) in [7, 11) is -1.36. The van der Waals surface area contributed by atoms with E-state index < -0.39 is 10.0 Å². The van der Waals surface area contributed by atoms with Crippen molar-refractivity contribution < 1.29 is 17.9 Å². The Morgan fingerprint density at radius 2 is 2.14 bits per heavy atom. The molecule has 4 rings (SSSR count). The van der Waals surface area contributed by atoms with Gasteiger partial charge in [-0.15, -0.1) is 10.2 Å². The fraction of sp³-hybridized carbons (Fsp3) is 0.611. The Labute approximate surface area is 169 Å². The third-order valence-corrected chi connectivity index (χ3v) is 6.85. The number of rotatable bonds is 5. The topological polar surface area (TPSA) is 109 Å². The zero-order valence-electron chi connectivity index (χ0n) is 16.6. The first-order chi connectivity index (χ1) is 13.8. The van der Waals surface area contributed by atoms with Crippen molar-refractivity contribution in [1.82, 2.24) is 29.1 Å².